The van der Waals surface area contributed by atoms with Crippen molar-refractivity contribution in [3.63, 3.8) is 0 Å². The number of benzene rings is 1. The first-order chi connectivity index (χ1) is 11.9. The number of aliphatic imine (C=N–C) groups is 1. The molecule has 0 saturated carbocycles. The molecule has 0 spiro atoms. The number of nitrogens with one attached hydrogen (secondary N) is 2. The van der Waals surface area contributed by atoms with Crippen LogP contribution in [-0.2, 0) is 13.6 Å². The molecule has 25 heavy (non-hydrogen) atoms. The lowest BCUT2D eigenvalue weighted by Crippen LogP contribution is -2.39. The minimum absolute atomic E-state index is 0.271. The Labute approximate surface area is 145 Å². The summed E-state index contributed by atoms with van der Waals surface area (Å²) in [4.78, 5) is 4.47. The Morgan fingerprint density at radius 3 is 2.72 bits per heavy atom. The van der Waals surface area contributed by atoms with Gasteiger partial charge in [0.25, 0.3) is 0 Å². The van der Waals surface area contributed by atoms with Gasteiger partial charge >= 0.3 is 0 Å². The van der Waals surface area contributed by atoms with Gasteiger partial charge in [-0.2, -0.15) is 0 Å². The molecule has 6 nitrogen and oxygen atoms in total. The van der Waals surface area contributed by atoms with Gasteiger partial charge in [0.2, 0.25) is 0 Å². The molecule has 1 atom stereocenters. The van der Waals surface area contributed by atoms with Crippen molar-refractivity contribution >= 4 is 5.96 Å². The second-order valence-corrected chi connectivity index (χ2v) is 5.60. The summed E-state index contributed by atoms with van der Waals surface area (Å²) in [6, 6.07) is 3.55. The molecule has 1 aromatic carbocycles. The molecule has 0 bridgehead atoms. The van der Waals surface area contributed by atoms with E-state index in [2.05, 4.69) is 32.4 Å². The van der Waals surface area contributed by atoms with E-state index in [1.54, 1.807) is 6.08 Å². The minimum Gasteiger partial charge on any atom is -0.353 e. The maximum atomic E-state index is 13.4. The number of guanidine groups is 1. The lowest BCUT2D eigenvalue weighted by molar-refractivity contribution is 0.504. The van der Waals surface area contributed by atoms with E-state index < -0.39 is 11.6 Å². The van der Waals surface area contributed by atoms with Crippen LogP contribution in [0.2, 0.25) is 0 Å². The van der Waals surface area contributed by atoms with Crippen molar-refractivity contribution in [1.82, 2.24) is 25.4 Å². The zero-order valence-electron chi connectivity index (χ0n) is 14.6. The van der Waals surface area contributed by atoms with Gasteiger partial charge in [0, 0.05) is 13.6 Å². The van der Waals surface area contributed by atoms with Crippen LogP contribution in [0.1, 0.15) is 30.2 Å². The van der Waals surface area contributed by atoms with E-state index in [-0.39, 0.29) is 6.04 Å². The van der Waals surface area contributed by atoms with Crippen LogP contribution in [-0.4, -0.2) is 27.3 Å². The summed E-state index contributed by atoms with van der Waals surface area (Å²) in [5.74, 6) is 0.287. The smallest absolute Gasteiger partial charge is 0.192 e. The van der Waals surface area contributed by atoms with Crippen LogP contribution < -0.4 is 10.6 Å². The van der Waals surface area contributed by atoms with Crippen LogP contribution in [0.3, 0.4) is 0 Å². The SMILES string of the molecule is C=CCNC(=NCc1nnc(C)n1C)NC(C)c1ccc(F)c(F)c1. The van der Waals surface area contributed by atoms with Crippen molar-refractivity contribution in [2.24, 2.45) is 12.0 Å². The molecule has 8 heteroatoms. The molecule has 1 heterocycles. The summed E-state index contributed by atoms with van der Waals surface area (Å²) in [6.45, 7) is 8.20. The fourth-order valence-corrected chi connectivity index (χ4v) is 2.13. The van der Waals surface area contributed by atoms with Gasteiger partial charge in [-0.25, -0.2) is 13.8 Å². The average molecular weight is 348 g/mol. The van der Waals surface area contributed by atoms with Gasteiger partial charge in [0.1, 0.15) is 12.4 Å². The molecule has 0 aliphatic heterocycles. The third kappa shape index (κ3) is 4.85. The summed E-state index contributed by atoms with van der Waals surface area (Å²) in [5, 5.41) is 14.3. The highest BCUT2D eigenvalue weighted by molar-refractivity contribution is 5.80. The number of halogens is 2. The fourth-order valence-electron chi connectivity index (χ4n) is 2.13. The molecule has 2 aromatic rings. The maximum absolute atomic E-state index is 13.4. The van der Waals surface area contributed by atoms with Crippen LogP contribution in [0.25, 0.3) is 0 Å². The summed E-state index contributed by atoms with van der Waals surface area (Å²) < 4.78 is 28.4. The summed E-state index contributed by atoms with van der Waals surface area (Å²) in [5.41, 5.74) is 0.613. The van der Waals surface area contributed by atoms with Gasteiger partial charge in [0.05, 0.1) is 6.04 Å². The minimum atomic E-state index is -0.877. The predicted molar refractivity (Wildman–Crippen MR) is 93.0 cm³/mol. The topological polar surface area (TPSA) is 67.1 Å². The molecule has 2 N–H and O–H groups in total. The molecule has 0 aliphatic rings. The van der Waals surface area contributed by atoms with E-state index in [0.717, 1.165) is 17.7 Å². The zero-order valence-corrected chi connectivity index (χ0v) is 14.6. The van der Waals surface area contributed by atoms with Gasteiger partial charge in [-0.15, -0.1) is 16.8 Å². The second-order valence-electron chi connectivity index (χ2n) is 5.60. The number of hydrogen-bond acceptors (Lipinski definition) is 3. The highest BCUT2D eigenvalue weighted by Crippen LogP contribution is 2.15. The number of hydrogen-bond donors (Lipinski definition) is 2. The lowest BCUT2D eigenvalue weighted by Gasteiger charge is -2.18. The molecule has 2 rings (SSSR count). The summed E-state index contributed by atoms with van der Waals surface area (Å²) in [7, 11) is 1.87. The van der Waals surface area contributed by atoms with E-state index in [1.165, 1.54) is 12.1 Å². The monoisotopic (exact) mass is 348 g/mol. The van der Waals surface area contributed by atoms with Gasteiger partial charge < -0.3 is 15.2 Å². The highest BCUT2D eigenvalue weighted by atomic mass is 19.2. The molecule has 0 amide bonds. The van der Waals surface area contributed by atoms with Crippen molar-refractivity contribution in [1.29, 1.82) is 0 Å². The third-order valence-electron chi connectivity index (χ3n) is 3.77. The number of rotatable bonds is 6. The quantitative estimate of drug-likeness (QED) is 0.478. The normalized spacial score (nSPS) is 12.8. The number of aromatic nitrogens is 3. The van der Waals surface area contributed by atoms with Gasteiger partial charge in [0.15, 0.2) is 23.4 Å². The summed E-state index contributed by atoms with van der Waals surface area (Å²) >= 11 is 0. The Bertz CT molecular complexity index is 768. The standard InChI is InChI=1S/C17H22F2N6/c1-5-8-20-17(21-10-16-24-23-12(3)25(16)4)22-11(2)13-6-7-14(18)15(19)9-13/h5-7,9,11H,1,8,10H2,2-4H3,(H2,20,21,22). The van der Waals surface area contributed by atoms with Gasteiger partial charge in [-0.1, -0.05) is 12.1 Å². The van der Waals surface area contributed by atoms with Crippen LogP contribution in [0, 0.1) is 18.6 Å². The van der Waals surface area contributed by atoms with Crippen molar-refractivity contribution < 1.29 is 8.78 Å². The Hall–Kier alpha value is -2.77. The van der Waals surface area contributed by atoms with Crippen LogP contribution >= 0.6 is 0 Å². The van der Waals surface area contributed by atoms with E-state index in [4.69, 9.17) is 0 Å². The average Bonchev–Trinajstić information content (AvgIpc) is 2.91. The molecule has 1 unspecified atom stereocenters. The summed E-state index contributed by atoms with van der Waals surface area (Å²) in [6.07, 6.45) is 1.70. The molecule has 0 fully saturated rings. The molecule has 0 aliphatic carbocycles. The highest BCUT2D eigenvalue weighted by Gasteiger charge is 2.11. The van der Waals surface area contributed by atoms with Crippen LogP contribution in [0.4, 0.5) is 8.78 Å². The lowest BCUT2D eigenvalue weighted by atomic mass is 10.1. The van der Waals surface area contributed by atoms with Gasteiger partial charge in [-0.3, -0.25) is 0 Å². The van der Waals surface area contributed by atoms with Gasteiger partial charge in [-0.05, 0) is 31.5 Å². The molecular formula is C17H22F2N6. The van der Waals surface area contributed by atoms with Crippen molar-refractivity contribution in [3.8, 4) is 0 Å². The van der Waals surface area contributed by atoms with Crippen molar-refractivity contribution in [3.05, 3.63) is 59.7 Å². The maximum Gasteiger partial charge on any atom is 0.192 e. The molecule has 1 aromatic heterocycles. The first-order valence-electron chi connectivity index (χ1n) is 7.88. The largest absolute Gasteiger partial charge is 0.353 e. The van der Waals surface area contributed by atoms with Crippen molar-refractivity contribution in [2.45, 2.75) is 26.4 Å². The third-order valence-corrected chi connectivity index (χ3v) is 3.77. The second kappa shape index (κ2) is 8.36. The van der Waals surface area contributed by atoms with Crippen LogP contribution in [0.5, 0.6) is 0 Å². The van der Waals surface area contributed by atoms with Crippen molar-refractivity contribution in [2.75, 3.05) is 6.54 Å². The Balaban J connectivity index is 2.12. The fraction of sp³-hybridized carbons (Fsp3) is 0.353. The molecule has 134 valence electrons. The van der Waals surface area contributed by atoms with E-state index in [9.17, 15) is 8.78 Å². The first-order valence-corrected chi connectivity index (χ1v) is 7.88. The molecular weight excluding hydrogens is 326 g/mol. The Morgan fingerprint density at radius 1 is 1.36 bits per heavy atom. The molecule has 0 saturated heterocycles. The van der Waals surface area contributed by atoms with E-state index >= 15 is 0 Å². The molecule has 0 radical (unpaired) electrons. The number of nitrogens with zero attached hydrogens (tertiary/aromatic N) is 4. The van der Waals surface area contributed by atoms with E-state index in [1.807, 2.05) is 25.5 Å². The Kier molecular flexibility index (Phi) is 6.21. The predicted octanol–water partition coefficient (Wildman–Crippen LogP) is 2.38. The Morgan fingerprint density at radius 2 is 2.12 bits per heavy atom. The number of aryl methyl sites for hydroxylation is 1. The first kappa shape index (κ1) is 18.6. The zero-order chi connectivity index (χ0) is 18.4. The van der Waals surface area contributed by atoms with Crippen LogP contribution in [0.15, 0.2) is 35.8 Å². The van der Waals surface area contributed by atoms with E-state index in [0.29, 0.717) is 24.6 Å².